The topological polar surface area (TPSA) is 103 Å². The van der Waals surface area contributed by atoms with E-state index in [0.717, 1.165) is 0 Å². The van der Waals surface area contributed by atoms with Gasteiger partial charge in [0, 0.05) is 19.7 Å². The van der Waals surface area contributed by atoms with E-state index in [2.05, 4.69) is 10.0 Å². The maximum Gasteiger partial charge on any atom is 0.407 e. The molecule has 27 heavy (non-hydrogen) atoms. The number of nitrogens with one attached hydrogen (secondary N) is 2. The Labute approximate surface area is 161 Å². The standard InChI is InChI=1S/C18H30N2O6S/c1-5-25-18(21)20-15(12-14(2)3)13-19-27(22,23)17-8-6-16(7-9-17)26-11-10-24-4/h6-9,14-15,19H,5,10-13H2,1-4H3,(H,20,21). The van der Waals surface area contributed by atoms with Crippen LogP contribution in [0.3, 0.4) is 0 Å². The summed E-state index contributed by atoms with van der Waals surface area (Å²) < 4.78 is 42.7. The van der Waals surface area contributed by atoms with Crippen molar-refractivity contribution in [2.75, 3.05) is 33.5 Å². The number of hydrogen-bond acceptors (Lipinski definition) is 6. The SMILES string of the molecule is CCOC(=O)NC(CNS(=O)(=O)c1ccc(OCCOC)cc1)CC(C)C. The van der Waals surface area contributed by atoms with Gasteiger partial charge in [0.2, 0.25) is 10.0 Å². The zero-order valence-electron chi connectivity index (χ0n) is 16.4. The first-order valence-corrected chi connectivity index (χ1v) is 10.4. The van der Waals surface area contributed by atoms with Crippen LogP contribution in [0.1, 0.15) is 27.2 Å². The van der Waals surface area contributed by atoms with Crippen molar-refractivity contribution in [3.63, 3.8) is 0 Å². The first-order valence-electron chi connectivity index (χ1n) is 8.93. The molecule has 0 bridgehead atoms. The molecule has 0 aliphatic rings. The Hall–Kier alpha value is -1.84. The summed E-state index contributed by atoms with van der Waals surface area (Å²) in [5.74, 6) is 0.845. The van der Waals surface area contributed by atoms with E-state index in [-0.39, 0.29) is 30.0 Å². The fourth-order valence-corrected chi connectivity index (χ4v) is 3.43. The number of carbonyl (C=O) groups is 1. The molecule has 0 heterocycles. The fraction of sp³-hybridized carbons (Fsp3) is 0.611. The minimum atomic E-state index is -3.70. The molecule has 1 amide bonds. The molecule has 0 fully saturated rings. The zero-order chi connectivity index (χ0) is 20.3. The number of ether oxygens (including phenoxy) is 3. The van der Waals surface area contributed by atoms with E-state index in [0.29, 0.717) is 25.4 Å². The lowest BCUT2D eigenvalue weighted by Gasteiger charge is -2.20. The van der Waals surface area contributed by atoms with Gasteiger partial charge in [-0.3, -0.25) is 0 Å². The number of hydrogen-bond donors (Lipinski definition) is 2. The molecular formula is C18H30N2O6S. The molecule has 0 aromatic heterocycles. The summed E-state index contributed by atoms with van der Waals surface area (Å²) >= 11 is 0. The largest absolute Gasteiger partial charge is 0.491 e. The van der Waals surface area contributed by atoms with Gasteiger partial charge in [-0.15, -0.1) is 0 Å². The summed E-state index contributed by atoms with van der Waals surface area (Å²) in [4.78, 5) is 11.8. The monoisotopic (exact) mass is 402 g/mol. The summed E-state index contributed by atoms with van der Waals surface area (Å²) in [6, 6.07) is 5.76. The fourth-order valence-electron chi connectivity index (χ4n) is 2.35. The van der Waals surface area contributed by atoms with E-state index in [1.54, 1.807) is 26.2 Å². The van der Waals surface area contributed by atoms with Gasteiger partial charge in [0.1, 0.15) is 12.4 Å². The first kappa shape index (κ1) is 23.2. The number of methoxy groups -OCH3 is 1. The van der Waals surface area contributed by atoms with Crippen molar-refractivity contribution in [1.29, 1.82) is 0 Å². The molecule has 0 aliphatic heterocycles. The second-order valence-corrected chi connectivity index (χ2v) is 8.12. The molecule has 0 saturated carbocycles. The van der Waals surface area contributed by atoms with Gasteiger partial charge in [0.05, 0.1) is 18.1 Å². The Morgan fingerprint density at radius 2 is 1.81 bits per heavy atom. The van der Waals surface area contributed by atoms with Crippen LogP contribution in [0.4, 0.5) is 4.79 Å². The lowest BCUT2D eigenvalue weighted by atomic mass is 10.0. The van der Waals surface area contributed by atoms with Gasteiger partial charge < -0.3 is 19.5 Å². The van der Waals surface area contributed by atoms with E-state index < -0.39 is 16.1 Å². The Bertz CT molecular complexity index is 661. The molecule has 1 aromatic rings. The molecule has 9 heteroatoms. The summed E-state index contributed by atoms with van der Waals surface area (Å²) in [5, 5.41) is 2.69. The van der Waals surface area contributed by atoms with E-state index in [9.17, 15) is 13.2 Å². The predicted molar refractivity (Wildman–Crippen MR) is 102 cm³/mol. The van der Waals surface area contributed by atoms with Gasteiger partial charge in [-0.1, -0.05) is 13.8 Å². The van der Waals surface area contributed by atoms with Crippen molar-refractivity contribution in [1.82, 2.24) is 10.0 Å². The lowest BCUT2D eigenvalue weighted by molar-refractivity contribution is 0.146. The number of benzene rings is 1. The third-order valence-corrected chi connectivity index (χ3v) is 5.00. The number of sulfonamides is 1. The molecule has 0 saturated heterocycles. The quantitative estimate of drug-likeness (QED) is 0.519. The summed E-state index contributed by atoms with van der Waals surface area (Å²) in [7, 11) is -2.13. The zero-order valence-corrected chi connectivity index (χ0v) is 17.2. The average molecular weight is 403 g/mol. The van der Waals surface area contributed by atoms with Crippen LogP contribution < -0.4 is 14.8 Å². The van der Waals surface area contributed by atoms with Crippen LogP contribution in [0.25, 0.3) is 0 Å². The van der Waals surface area contributed by atoms with E-state index in [4.69, 9.17) is 14.2 Å². The van der Waals surface area contributed by atoms with E-state index >= 15 is 0 Å². The minimum absolute atomic E-state index is 0.0748. The van der Waals surface area contributed by atoms with Gasteiger partial charge in [-0.25, -0.2) is 17.9 Å². The summed E-state index contributed by atoms with van der Waals surface area (Å²) in [6.45, 7) is 6.87. The van der Waals surface area contributed by atoms with Crippen LogP contribution in [0.5, 0.6) is 5.75 Å². The average Bonchev–Trinajstić information content (AvgIpc) is 2.60. The molecule has 154 valence electrons. The van der Waals surface area contributed by atoms with Crippen LogP contribution in [-0.4, -0.2) is 54.0 Å². The molecule has 0 spiro atoms. The highest BCUT2D eigenvalue weighted by molar-refractivity contribution is 7.89. The van der Waals surface area contributed by atoms with Crippen LogP contribution >= 0.6 is 0 Å². The summed E-state index contributed by atoms with van der Waals surface area (Å²) in [5.41, 5.74) is 0. The molecule has 0 radical (unpaired) electrons. The third-order valence-electron chi connectivity index (χ3n) is 3.56. The number of carbonyl (C=O) groups excluding carboxylic acids is 1. The van der Waals surface area contributed by atoms with Crippen molar-refractivity contribution in [3.8, 4) is 5.75 Å². The molecule has 1 unspecified atom stereocenters. The van der Waals surface area contributed by atoms with Gasteiger partial charge >= 0.3 is 6.09 Å². The van der Waals surface area contributed by atoms with Crippen molar-refractivity contribution >= 4 is 16.1 Å². The van der Waals surface area contributed by atoms with Crippen molar-refractivity contribution in [2.45, 2.75) is 38.1 Å². The minimum Gasteiger partial charge on any atom is -0.491 e. The summed E-state index contributed by atoms with van der Waals surface area (Å²) in [6.07, 6.45) is 0.0630. The molecule has 0 aliphatic carbocycles. The Kier molecular flexibility index (Phi) is 10.1. The second-order valence-electron chi connectivity index (χ2n) is 6.36. The Morgan fingerprint density at radius 1 is 1.15 bits per heavy atom. The van der Waals surface area contributed by atoms with E-state index in [1.807, 2.05) is 13.8 Å². The van der Waals surface area contributed by atoms with Crippen molar-refractivity contribution < 1.29 is 27.4 Å². The first-order chi connectivity index (χ1) is 12.8. The molecule has 1 aromatic carbocycles. The maximum absolute atomic E-state index is 12.5. The van der Waals surface area contributed by atoms with Crippen LogP contribution in [-0.2, 0) is 19.5 Å². The van der Waals surface area contributed by atoms with Gasteiger partial charge in [-0.05, 0) is 43.5 Å². The highest BCUT2D eigenvalue weighted by atomic mass is 32.2. The highest BCUT2D eigenvalue weighted by Crippen LogP contribution is 2.16. The van der Waals surface area contributed by atoms with Crippen LogP contribution in [0, 0.1) is 5.92 Å². The number of amides is 1. The molecule has 1 rings (SSSR count). The number of rotatable bonds is 12. The third kappa shape index (κ3) is 9.07. The molecule has 1 atom stereocenters. The Balaban J connectivity index is 2.68. The normalized spacial score (nSPS) is 12.6. The van der Waals surface area contributed by atoms with E-state index in [1.165, 1.54) is 12.1 Å². The molecule has 8 nitrogen and oxygen atoms in total. The van der Waals surface area contributed by atoms with Crippen molar-refractivity contribution in [2.24, 2.45) is 5.92 Å². The molecular weight excluding hydrogens is 372 g/mol. The van der Waals surface area contributed by atoms with Gasteiger partial charge in [0.15, 0.2) is 0 Å². The Morgan fingerprint density at radius 3 is 2.37 bits per heavy atom. The smallest absolute Gasteiger partial charge is 0.407 e. The number of alkyl carbamates (subject to hydrolysis) is 1. The second kappa shape index (κ2) is 11.8. The maximum atomic E-state index is 12.5. The lowest BCUT2D eigenvalue weighted by Crippen LogP contribution is -2.44. The van der Waals surface area contributed by atoms with Crippen LogP contribution in [0.15, 0.2) is 29.2 Å². The highest BCUT2D eigenvalue weighted by Gasteiger charge is 2.20. The molecule has 2 N–H and O–H groups in total. The predicted octanol–water partition coefficient (Wildman–Crippen LogP) is 2.15. The van der Waals surface area contributed by atoms with Crippen LogP contribution in [0.2, 0.25) is 0 Å². The van der Waals surface area contributed by atoms with Gasteiger partial charge in [-0.2, -0.15) is 0 Å². The van der Waals surface area contributed by atoms with Gasteiger partial charge in [0.25, 0.3) is 0 Å². The van der Waals surface area contributed by atoms with Crippen molar-refractivity contribution in [3.05, 3.63) is 24.3 Å².